The highest BCUT2D eigenvalue weighted by molar-refractivity contribution is 5.78. The topological polar surface area (TPSA) is 35.5 Å². The number of hydrogen-bond donors (Lipinski definition) is 0. The molecular formula is C28H22F6O3. The van der Waals surface area contributed by atoms with E-state index in [-0.39, 0.29) is 42.7 Å². The minimum atomic E-state index is -1.36. The summed E-state index contributed by atoms with van der Waals surface area (Å²) in [6, 6.07) is 7.11. The Morgan fingerprint density at radius 3 is 2.00 bits per heavy atom. The maximum Gasteiger partial charge on any atom is 0.314 e. The minimum absolute atomic E-state index is 0.0678. The lowest BCUT2D eigenvalue weighted by atomic mass is 9.86. The Kier molecular flexibility index (Phi) is 7.61. The number of ether oxygens (including phenoxy) is 2. The van der Waals surface area contributed by atoms with Crippen LogP contribution in [0.3, 0.4) is 0 Å². The van der Waals surface area contributed by atoms with Crippen LogP contribution in [0, 0.1) is 47.7 Å². The number of esters is 1. The number of hydrogen-bond acceptors (Lipinski definition) is 3. The first-order chi connectivity index (χ1) is 17.6. The molecular weight excluding hydrogens is 498 g/mol. The summed E-state index contributed by atoms with van der Waals surface area (Å²) in [4.78, 5) is 12.5. The molecule has 0 fully saturated rings. The average Bonchev–Trinajstić information content (AvgIpc) is 2.89. The van der Waals surface area contributed by atoms with E-state index in [1.807, 2.05) is 0 Å². The molecule has 0 spiro atoms. The number of aryl methyl sites for hydroxylation is 1. The third-order valence-corrected chi connectivity index (χ3v) is 6.26. The van der Waals surface area contributed by atoms with Crippen molar-refractivity contribution in [1.82, 2.24) is 0 Å². The lowest BCUT2D eigenvalue weighted by Crippen LogP contribution is -2.23. The normalized spacial score (nSPS) is 15.4. The molecule has 0 aliphatic heterocycles. The fraction of sp³-hybridized carbons (Fsp3) is 0.250. The molecule has 0 saturated carbocycles. The molecule has 1 aliphatic carbocycles. The number of halogens is 6. The second-order valence-electron chi connectivity index (χ2n) is 8.59. The van der Waals surface area contributed by atoms with Crippen molar-refractivity contribution < 1.29 is 40.6 Å². The van der Waals surface area contributed by atoms with Crippen molar-refractivity contribution in [1.29, 1.82) is 0 Å². The average molecular weight is 520 g/mol. The van der Waals surface area contributed by atoms with E-state index in [2.05, 4.69) is 0 Å². The highest BCUT2D eigenvalue weighted by Gasteiger charge is 2.28. The summed E-state index contributed by atoms with van der Waals surface area (Å²) in [5.74, 6) is -9.94. The van der Waals surface area contributed by atoms with Crippen LogP contribution in [-0.2, 0) is 4.79 Å². The largest absolute Gasteiger partial charge is 0.491 e. The first-order valence-electron chi connectivity index (χ1n) is 11.6. The Hall–Kier alpha value is -3.75. The molecule has 3 aromatic rings. The second-order valence-corrected chi connectivity index (χ2v) is 8.59. The SMILES string of the molecule is CCOc1ccc(-c2ccc(C3=CCC(C(=O)Oc4ccc(C)c(F)c4F)CC3)c(F)c2F)c(F)c1F. The monoisotopic (exact) mass is 520 g/mol. The lowest BCUT2D eigenvalue weighted by molar-refractivity contribution is -0.139. The fourth-order valence-electron chi connectivity index (χ4n) is 4.20. The van der Waals surface area contributed by atoms with Crippen molar-refractivity contribution in [2.45, 2.75) is 33.1 Å². The summed E-state index contributed by atoms with van der Waals surface area (Å²) >= 11 is 0. The summed E-state index contributed by atoms with van der Waals surface area (Å²) < 4.78 is 96.5. The molecule has 1 unspecified atom stereocenters. The highest BCUT2D eigenvalue weighted by atomic mass is 19.2. The molecule has 1 aliphatic rings. The zero-order chi connectivity index (χ0) is 26.9. The molecule has 9 heteroatoms. The van der Waals surface area contributed by atoms with E-state index < -0.39 is 63.7 Å². The van der Waals surface area contributed by atoms with E-state index in [0.29, 0.717) is 5.57 Å². The Labute approximate surface area is 209 Å². The van der Waals surface area contributed by atoms with Gasteiger partial charge < -0.3 is 9.47 Å². The van der Waals surface area contributed by atoms with Gasteiger partial charge in [-0.1, -0.05) is 24.3 Å². The lowest BCUT2D eigenvalue weighted by Gasteiger charge is -2.22. The molecule has 3 aromatic carbocycles. The second kappa shape index (κ2) is 10.7. The third kappa shape index (κ3) is 5.08. The van der Waals surface area contributed by atoms with Crippen molar-refractivity contribution in [3.8, 4) is 22.6 Å². The number of rotatable bonds is 6. The molecule has 3 nitrogen and oxygen atoms in total. The van der Waals surface area contributed by atoms with Crippen LogP contribution in [0.1, 0.15) is 37.3 Å². The molecule has 0 heterocycles. The molecule has 194 valence electrons. The van der Waals surface area contributed by atoms with Crippen molar-refractivity contribution in [2.24, 2.45) is 5.92 Å². The van der Waals surface area contributed by atoms with Crippen molar-refractivity contribution >= 4 is 11.5 Å². The first-order valence-corrected chi connectivity index (χ1v) is 11.6. The maximum atomic E-state index is 15.0. The number of carbonyl (C=O) groups excluding carboxylic acids is 1. The highest BCUT2D eigenvalue weighted by Crippen LogP contribution is 2.37. The van der Waals surface area contributed by atoms with Gasteiger partial charge in [0.25, 0.3) is 0 Å². The molecule has 0 saturated heterocycles. The third-order valence-electron chi connectivity index (χ3n) is 6.26. The Balaban J connectivity index is 1.53. The summed E-state index contributed by atoms with van der Waals surface area (Å²) in [5, 5.41) is 0. The van der Waals surface area contributed by atoms with Crippen LogP contribution in [-0.4, -0.2) is 12.6 Å². The molecule has 0 radical (unpaired) electrons. The summed E-state index contributed by atoms with van der Waals surface area (Å²) in [7, 11) is 0. The molecule has 4 rings (SSSR count). The Morgan fingerprint density at radius 1 is 0.784 bits per heavy atom. The van der Waals surface area contributed by atoms with E-state index in [1.165, 1.54) is 25.1 Å². The fourth-order valence-corrected chi connectivity index (χ4v) is 4.20. The smallest absolute Gasteiger partial charge is 0.314 e. The minimum Gasteiger partial charge on any atom is -0.491 e. The molecule has 1 atom stereocenters. The van der Waals surface area contributed by atoms with Gasteiger partial charge in [-0.25, -0.2) is 17.6 Å². The van der Waals surface area contributed by atoms with Crippen molar-refractivity contribution in [2.75, 3.05) is 6.61 Å². The van der Waals surface area contributed by atoms with Gasteiger partial charge in [0.1, 0.15) is 0 Å². The van der Waals surface area contributed by atoms with Crippen LogP contribution in [0.15, 0.2) is 42.5 Å². The van der Waals surface area contributed by atoms with Gasteiger partial charge in [-0.05, 0) is 62.4 Å². The summed E-state index contributed by atoms with van der Waals surface area (Å²) in [6.45, 7) is 3.07. The number of carbonyl (C=O) groups is 1. The van der Waals surface area contributed by atoms with Crippen LogP contribution < -0.4 is 9.47 Å². The van der Waals surface area contributed by atoms with Gasteiger partial charge in [0.2, 0.25) is 11.6 Å². The Bertz CT molecular complexity index is 1400. The van der Waals surface area contributed by atoms with Gasteiger partial charge in [-0.3, -0.25) is 4.79 Å². The zero-order valence-electron chi connectivity index (χ0n) is 19.9. The van der Waals surface area contributed by atoms with E-state index in [4.69, 9.17) is 9.47 Å². The molecule has 0 amide bonds. The zero-order valence-corrected chi connectivity index (χ0v) is 19.9. The predicted octanol–water partition coefficient (Wildman–Crippen LogP) is 7.68. The van der Waals surface area contributed by atoms with Crippen LogP contribution in [0.2, 0.25) is 0 Å². The van der Waals surface area contributed by atoms with Crippen LogP contribution in [0.5, 0.6) is 11.5 Å². The maximum absolute atomic E-state index is 15.0. The van der Waals surface area contributed by atoms with Gasteiger partial charge in [0, 0.05) is 16.7 Å². The first kappa shape index (κ1) is 26.3. The summed E-state index contributed by atoms with van der Waals surface area (Å²) in [5.41, 5.74) is -0.502. The summed E-state index contributed by atoms with van der Waals surface area (Å²) in [6.07, 6.45) is 2.01. The van der Waals surface area contributed by atoms with E-state index in [0.717, 1.165) is 24.3 Å². The standard InChI is InChI=1S/C28H22F6O3/c1-3-36-20-13-11-19(25(32)26(20)33)18-10-9-17(23(30)24(18)31)15-5-7-16(8-6-15)28(35)37-21-12-4-14(2)22(29)27(21)34/h4-5,9-13,16H,3,6-8H2,1-2H3. The van der Waals surface area contributed by atoms with Gasteiger partial charge in [-0.2, -0.15) is 8.78 Å². The van der Waals surface area contributed by atoms with Gasteiger partial charge in [0.05, 0.1) is 12.5 Å². The van der Waals surface area contributed by atoms with Crippen LogP contribution >= 0.6 is 0 Å². The van der Waals surface area contributed by atoms with Gasteiger partial charge in [-0.15, -0.1) is 0 Å². The molecule has 0 aromatic heterocycles. The van der Waals surface area contributed by atoms with E-state index in [9.17, 15) is 31.1 Å². The quantitative estimate of drug-likeness (QED) is 0.190. The van der Waals surface area contributed by atoms with Crippen LogP contribution in [0.25, 0.3) is 16.7 Å². The number of benzene rings is 3. The number of allylic oxidation sites excluding steroid dienone is 2. The van der Waals surface area contributed by atoms with Crippen molar-refractivity contribution in [3.05, 3.63) is 88.5 Å². The molecule has 0 bridgehead atoms. The van der Waals surface area contributed by atoms with Crippen LogP contribution in [0.4, 0.5) is 26.3 Å². The van der Waals surface area contributed by atoms with Gasteiger partial charge >= 0.3 is 5.97 Å². The van der Waals surface area contributed by atoms with Gasteiger partial charge in [0.15, 0.2) is 34.8 Å². The van der Waals surface area contributed by atoms with E-state index in [1.54, 1.807) is 6.92 Å². The van der Waals surface area contributed by atoms with Crippen molar-refractivity contribution in [3.63, 3.8) is 0 Å². The molecule has 37 heavy (non-hydrogen) atoms. The molecule has 0 N–H and O–H groups in total. The Morgan fingerprint density at radius 2 is 1.35 bits per heavy atom. The van der Waals surface area contributed by atoms with E-state index >= 15 is 0 Å². The predicted molar refractivity (Wildman–Crippen MR) is 125 cm³/mol.